The van der Waals surface area contributed by atoms with Crippen LogP contribution in [-0.2, 0) is 4.79 Å². The van der Waals surface area contributed by atoms with Gasteiger partial charge in [-0.25, -0.2) is 4.98 Å². The van der Waals surface area contributed by atoms with Crippen molar-refractivity contribution < 1.29 is 22.7 Å². The summed E-state index contributed by atoms with van der Waals surface area (Å²) < 4.78 is 43.9. The maximum atomic E-state index is 12.8. The van der Waals surface area contributed by atoms with E-state index in [-0.39, 0.29) is 11.6 Å². The van der Waals surface area contributed by atoms with Crippen LogP contribution in [0.15, 0.2) is 48.7 Å². The van der Waals surface area contributed by atoms with Crippen LogP contribution in [0.25, 0.3) is 0 Å². The van der Waals surface area contributed by atoms with Crippen LogP contribution in [0, 0.1) is 11.3 Å². The summed E-state index contributed by atoms with van der Waals surface area (Å²) >= 11 is 0. The lowest BCUT2D eigenvalue weighted by molar-refractivity contribution is -0.136. The predicted octanol–water partition coefficient (Wildman–Crippen LogP) is 3.32. The van der Waals surface area contributed by atoms with Crippen molar-refractivity contribution in [1.82, 2.24) is 4.98 Å². The molecule has 0 N–H and O–H groups in total. The molecule has 0 saturated heterocycles. The molecule has 0 spiro atoms. The Labute approximate surface area is 142 Å². The van der Waals surface area contributed by atoms with Gasteiger partial charge in [0.1, 0.15) is 18.1 Å². The number of amides is 1. The number of benzene rings is 1. The summed E-state index contributed by atoms with van der Waals surface area (Å²) in [5, 5.41) is 8.74. The normalized spacial score (nSPS) is 12.1. The molecule has 25 heavy (non-hydrogen) atoms. The largest absolute Gasteiger partial charge is 0.481 e. The van der Waals surface area contributed by atoms with Crippen molar-refractivity contribution in [3.05, 3.63) is 54.2 Å². The number of ether oxygens (including phenoxy) is 1. The zero-order valence-electron chi connectivity index (χ0n) is 13.2. The van der Waals surface area contributed by atoms with Crippen molar-refractivity contribution in [3.8, 4) is 11.8 Å². The van der Waals surface area contributed by atoms with Gasteiger partial charge < -0.3 is 4.74 Å². The highest BCUT2D eigenvalue weighted by atomic mass is 19.4. The second-order valence-electron chi connectivity index (χ2n) is 5.12. The van der Waals surface area contributed by atoms with Gasteiger partial charge in [-0.15, -0.1) is 0 Å². The Kier molecular flexibility index (Phi) is 5.60. The SMILES string of the molecule is CC(Oc1ccc(C#N)cc1)C(=O)N(CC(F)(F)F)c1ccccn1. The smallest absolute Gasteiger partial charge is 0.406 e. The fourth-order valence-corrected chi connectivity index (χ4v) is 2.05. The van der Waals surface area contributed by atoms with Crippen molar-refractivity contribution in [2.24, 2.45) is 0 Å². The predicted molar refractivity (Wildman–Crippen MR) is 83.9 cm³/mol. The highest BCUT2D eigenvalue weighted by Gasteiger charge is 2.36. The van der Waals surface area contributed by atoms with Crippen LogP contribution >= 0.6 is 0 Å². The van der Waals surface area contributed by atoms with E-state index in [1.807, 2.05) is 6.07 Å². The van der Waals surface area contributed by atoms with Gasteiger partial charge >= 0.3 is 6.18 Å². The molecule has 1 heterocycles. The van der Waals surface area contributed by atoms with Gasteiger partial charge in [-0.3, -0.25) is 9.69 Å². The monoisotopic (exact) mass is 349 g/mol. The number of carbonyl (C=O) groups is 1. The molecule has 1 aromatic heterocycles. The van der Waals surface area contributed by atoms with E-state index >= 15 is 0 Å². The minimum absolute atomic E-state index is 0.111. The minimum Gasteiger partial charge on any atom is -0.481 e. The number of alkyl halides is 3. The number of carbonyl (C=O) groups excluding carboxylic acids is 1. The van der Waals surface area contributed by atoms with E-state index in [2.05, 4.69) is 4.98 Å². The average molecular weight is 349 g/mol. The molecule has 0 aliphatic carbocycles. The number of anilines is 1. The lowest BCUT2D eigenvalue weighted by Crippen LogP contribution is -2.45. The number of halogens is 3. The summed E-state index contributed by atoms with van der Waals surface area (Å²) in [4.78, 5) is 16.8. The molecule has 130 valence electrons. The second kappa shape index (κ2) is 7.66. The van der Waals surface area contributed by atoms with Crippen LogP contribution in [0.5, 0.6) is 5.75 Å². The summed E-state index contributed by atoms with van der Waals surface area (Å²) in [5.74, 6) is -0.715. The van der Waals surface area contributed by atoms with E-state index in [4.69, 9.17) is 10.00 Å². The summed E-state index contributed by atoms with van der Waals surface area (Å²) in [6, 6.07) is 12.2. The third-order valence-electron chi connectivity index (χ3n) is 3.17. The van der Waals surface area contributed by atoms with E-state index in [0.29, 0.717) is 10.5 Å². The topological polar surface area (TPSA) is 66.2 Å². The Balaban J connectivity index is 2.18. The lowest BCUT2D eigenvalue weighted by Gasteiger charge is -2.26. The molecule has 0 saturated carbocycles. The number of aromatic nitrogens is 1. The van der Waals surface area contributed by atoms with E-state index in [1.54, 1.807) is 0 Å². The van der Waals surface area contributed by atoms with E-state index in [0.717, 1.165) is 0 Å². The van der Waals surface area contributed by atoms with Gasteiger partial charge in [0, 0.05) is 6.20 Å². The van der Waals surface area contributed by atoms with Gasteiger partial charge in [0.25, 0.3) is 5.91 Å². The molecular formula is C17H14F3N3O2. The van der Waals surface area contributed by atoms with Crippen LogP contribution in [0.4, 0.5) is 19.0 Å². The van der Waals surface area contributed by atoms with Gasteiger partial charge in [-0.2, -0.15) is 18.4 Å². The first-order chi connectivity index (χ1) is 11.8. The van der Waals surface area contributed by atoms with E-state index < -0.39 is 24.7 Å². The van der Waals surface area contributed by atoms with E-state index in [1.165, 1.54) is 55.6 Å². The molecule has 0 fully saturated rings. The Morgan fingerprint density at radius 1 is 1.28 bits per heavy atom. The first-order valence-corrected chi connectivity index (χ1v) is 7.26. The summed E-state index contributed by atoms with van der Waals surface area (Å²) in [7, 11) is 0. The molecule has 2 rings (SSSR count). The van der Waals surface area contributed by atoms with Gasteiger partial charge in [-0.05, 0) is 43.3 Å². The molecule has 0 aliphatic rings. The number of hydrogen-bond acceptors (Lipinski definition) is 4. The quantitative estimate of drug-likeness (QED) is 0.831. The number of hydrogen-bond donors (Lipinski definition) is 0. The maximum Gasteiger partial charge on any atom is 0.406 e. The third kappa shape index (κ3) is 5.21. The molecule has 8 heteroatoms. The first-order valence-electron chi connectivity index (χ1n) is 7.26. The van der Waals surface area contributed by atoms with Crippen LogP contribution in [0.2, 0.25) is 0 Å². The van der Waals surface area contributed by atoms with Crippen LogP contribution in [-0.4, -0.2) is 29.7 Å². The fraction of sp³-hybridized carbons (Fsp3) is 0.235. The Hall–Kier alpha value is -3.08. The number of nitriles is 1. The Morgan fingerprint density at radius 2 is 1.96 bits per heavy atom. The third-order valence-corrected chi connectivity index (χ3v) is 3.17. The van der Waals surface area contributed by atoms with Crippen molar-refractivity contribution in [1.29, 1.82) is 5.26 Å². The maximum absolute atomic E-state index is 12.8. The first kappa shape index (κ1) is 18.3. The standard InChI is InChI=1S/C17H14F3N3O2/c1-12(25-14-7-5-13(10-21)6-8-14)16(24)23(11-17(18,19)20)15-4-2-3-9-22-15/h2-9,12H,11H2,1H3. The lowest BCUT2D eigenvalue weighted by atomic mass is 10.2. The molecule has 5 nitrogen and oxygen atoms in total. The minimum atomic E-state index is -4.58. The van der Waals surface area contributed by atoms with Crippen molar-refractivity contribution >= 4 is 11.7 Å². The van der Waals surface area contributed by atoms with Crippen molar-refractivity contribution in [3.63, 3.8) is 0 Å². The highest BCUT2D eigenvalue weighted by Crippen LogP contribution is 2.22. The molecule has 0 bridgehead atoms. The highest BCUT2D eigenvalue weighted by molar-refractivity contribution is 5.95. The number of nitrogens with zero attached hydrogens (tertiary/aromatic N) is 3. The molecule has 1 atom stereocenters. The van der Waals surface area contributed by atoms with E-state index in [9.17, 15) is 18.0 Å². The molecule has 1 aromatic carbocycles. The van der Waals surface area contributed by atoms with Crippen LogP contribution < -0.4 is 9.64 Å². The molecule has 1 amide bonds. The number of pyridine rings is 1. The van der Waals surface area contributed by atoms with Crippen LogP contribution in [0.3, 0.4) is 0 Å². The van der Waals surface area contributed by atoms with Gasteiger partial charge in [-0.1, -0.05) is 6.07 Å². The number of rotatable bonds is 5. The molecular weight excluding hydrogens is 335 g/mol. The van der Waals surface area contributed by atoms with Gasteiger partial charge in [0.15, 0.2) is 6.10 Å². The molecule has 0 aliphatic heterocycles. The van der Waals surface area contributed by atoms with Crippen LogP contribution in [0.1, 0.15) is 12.5 Å². The zero-order valence-corrected chi connectivity index (χ0v) is 13.2. The van der Waals surface area contributed by atoms with Crippen molar-refractivity contribution in [2.75, 3.05) is 11.4 Å². The summed E-state index contributed by atoms with van der Waals surface area (Å²) in [6.07, 6.45) is -4.45. The Morgan fingerprint density at radius 3 is 2.48 bits per heavy atom. The molecule has 0 radical (unpaired) electrons. The zero-order chi connectivity index (χ0) is 18.4. The summed E-state index contributed by atoms with van der Waals surface area (Å²) in [5.41, 5.74) is 0.401. The molecule has 2 aromatic rings. The fourth-order valence-electron chi connectivity index (χ4n) is 2.05. The van der Waals surface area contributed by atoms with Gasteiger partial charge in [0.05, 0.1) is 11.6 Å². The van der Waals surface area contributed by atoms with Crippen molar-refractivity contribution in [2.45, 2.75) is 19.2 Å². The Bertz CT molecular complexity index is 755. The molecule has 1 unspecified atom stereocenters. The second-order valence-corrected chi connectivity index (χ2v) is 5.12. The average Bonchev–Trinajstić information content (AvgIpc) is 2.59. The van der Waals surface area contributed by atoms with Gasteiger partial charge in [0.2, 0.25) is 0 Å². The summed E-state index contributed by atoms with van der Waals surface area (Å²) in [6.45, 7) is -0.114.